The molecule has 0 bridgehead atoms. The van der Waals surface area contributed by atoms with Gasteiger partial charge in [-0.1, -0.05) is 24.3 Å². The molecule has 35 heavy (non-hydrogen) atoms. The fraction of sp³-hybridized carbons (Fsp3) is 0.192. The summed E-state index contributed by atoms with van der Waals surface area (Å²) in [7, 11) is 3.87. The molecule has 0 saturated heterocycles. The van der Waals surface area contributed by atoms with Crippen molar-refractivity contribution in [2.45, 2.75) is 12.2 Å². The molecule has 1 unspecified atom stereocenters. The summed E-state index contributed by atoms with van der Waals surface area (Å²) in [5, 5.41) is 11.9. The number of ether oxygens (including phenoxy) is 3. The van der Waals surface area contributed by atoms with Gasteiger partial charge in [-0.15, -0.1) is 0 Å². The molecular weight excluding hydrogens is 466 g/mol. The zero-order chi connectivity index (χ0) is 24.2. The fourth-order valence-corrected chi connectivity index (χ4v) is 4.97. The number of rotatable bonds is 5. The van der Waals surface area contributed by atoms with Crippen molar-refractivity contribution < 1.29 is 24.1 Å². The largest absolute Gasteiger partial charge is 0.454 e. The van der Waals surface area contributed by atoms with E-state index < -0.39 is 11.8 Å². The zero-order valence-electron chi connectivity index (χ0n) is 19.0. The summed E-state index contributed by atoms with van der Waals surface area (Å²) in [6.45, 7) is 0.124. The molecule has 0 radical (unpaired) electrons. The van der Waals surface area contributed by atoms with Gasteiger partial charge in [0.1, 0.15) is 11.0 Å². The van der Waals surface area contributed by atoms with Gasteiger partial charge in [0.15, 0.2) is 11.5 Å². The highest BCUT2D eigenvalue weighted by Crippen LogP contribution is 2.46. The Morgan fingerprint density at radius 1 is 0.971 bits per heavy atom. The average molecular weight is 488 g/mol. The van der Waals surface area contributed by atoms with Gasteiger partial charge in [0.05, 0.1) is 17.3 Å². The first-order chi connectivity index (χ1) is 16.9. The molecule has 1 atom stereocenters. The highest BCUT2D eigenvalue weighted by molar-refractivity contribution is 7.00. The van der Waals surface area contributed by atoms with E-state index in [9.17, 15) is 9.90 Å². The molecule has 2 aliphatic rings. The second kappa shape index (κ2) is 8.07. The number of benzene rings is 3. The molecule has 0 saturated carbocycles. The minimum absolute atomic E-state index is 0.124. The molecule has 6 rings (SSSR count). The molecule has 3 aromatic carbocycles. The molecule has 3 heterocycles. The van der Waals surface area contributed by atoms with Gasteiger partial charge in [-0.25, -0.2) is 4.79 Å². The van der Waals surface area contributed by atoms with Crippen LogP contribution in [0.4, 0.5) is 5.69 Å². The molecule has 4 aromatic rings. The van der Waals surface area contributed by atoms with Crippen molar-refractivity contribution in [3.05, 3.63) is 82.9 Å². The standard InChI is InChI=1S/C26H21N3O5S/c1-29(2)18-7-5-17(6-8-18)26(31)19(11-15-3-9-20-21(12-15)28-35-27-20)24(25(30)34-26)16-4-10-22-23(13-16)33-14-32-22/h3-10,12-13,31H,11,14H2,1-2H3. The molecule has 176 valence electrons. The molecule has 0 spiro atoms. The summed E-state index contributed by atoms with van der Waals surface area (Å²) >= 11 is 1.14. The van der Waals surface area contributed by atoms with Crippen LogP contribution in [0.1, 0.15) is 16.7 Å². The van der Waals surface area contributed by atoms with Gasteiger partial charge in [0.2, 0.25) is 6.79 Å². The molecule has 0 amide bonds. The van der Waals surface area contributed by atoms with E-state index in [2.05, 4.69) is 8.75 Å². The maximum atomic E-state index is 13.3. The van der Waals surface area contributed by atoms with E-state index in [4.69, 9.17) is 14.2 Å². The van der Waals surface area contributed by atoms with E-state index in [0.29, 0.717) is 33.8 Å². The molecular formula is C26H21N3O5S. The maximum absolute atomic E-state index is 13.3. The van der Waals surface area contributed by atoms with Crippen molar-refractivity contribution in [1.29, 1.82) is 0 Å². The van der Waals surface area contributed by atoms with Crippen LogP contribution >= 0.6 is 11.7 Å². The normalized spacial score (nSPS) is 18.9. The van der Waals surface area contributed by atoms with Crippen LogP contribution < -0.4 is 14.4 Å². The summed E-state index contributed by atoms with van der Waals surface area (Å²) in [6.07, 6.45) is 0.273. The first-order valence-corrected chi connectivity index (χ1v) is 11.7. The second-order valence-corrected chi connectivity index (χ2v) is 9.19. The number of esters is 1. The van der Waals surface area contributed by atoms with E-state index in [-0.39, 0.29) is 13.2 Å². The van der Waals surface area contributed by atoms with Gasteiger partial charge in [-0.3, -0.25) is 0 Å². The number of hydrogen-bond donors (Lipinski definition) is 1. The third-order valence-electron chi connectivity index (χ3n) is 6.29. The molecule has 0 aliphatic carbocycles. The Kier molecular flexibility index (Phi) is 4.98. The number of nitrogens with zero attached hydrogens (tertiary/aromatic N) is 3. The lowest BCUT2D eigenvalue weighted by molar-refractivity contribution is -0.185. The molecule has 0 fully saturated rings. The van der Waals surface area contributed by atoms with Crippen LogP contribution in [0.5, 0.6) is 11.5 Å². The predicted molar refractivity (Wildman–Crippen MR) is 131 cm³/mol. The van der Waals surface area contributed by atoms with Crippen LogP contribution in [0.3, 0.4) is 0 Å². The highest BCUT2D eigenvalue weighted by atomic mass is 32.1. The Balaban J connectivity index is 1.50. The Hall–Kier alpha value is -3.95. The van der Waals surface area contributed by atoms with E-state index in [1.54, 1.807) is 30.3 Å². The van der Waals surface area contributed by atoms with Gasteiger partial charge in [-0.2, -0.15) is 8.75 Å². The second-order valence-electron chi connectivity index (χ2n) is 8.66. The minimum atomic E-state index is -1.93. The van der Waals surface area contributed by atoms with Crippen LogP contribution in [-0.4, -0.2) is 40.7 Å². The number of carbonyl (C=O) groups excluding carboxylic acids is 1. The number of cyclic esters (lactones) is 1. The minimum Gasteiger partial charge on any atom is -0.454 e. The van der Waals surface area contributed by atoms with E-state index in [1.165, 1.54) is 0 Å². The van der Waals surface area contributed by atoms with Crippen LogP contribution in [0.15, 0.2) is 66.2 Å². The number of anilines is 1. The van der Waals surface area contributed by atoms with Crippen molar-refractivity contribution in [3.63, 3.8) is 0 Å². The molecule has 1 N–H and O–H groups in total. The van der Waals surface area contributed by atoms with Crippen molar-refractivity contribution in [2.75, 3.05) is 25.8 Å². The Bertz CT molecular complexity index is 1490. The summed E-state index contributed by atoms with van der Waals surface area (Å²) in [5.74, 6) is -1.38. The first kappa shape index (κ1) is 21.6. The summed E-state index contributed by atoms with van der Waals surface area (Å²) in [6, 6.07) is 18.3. The van der Waals surface area contributed by atoms with Crippen molar-refractivity contribution in [1.82, 2.24) is 8.75 Å². The molecule has 9 heteroatoms. The van der Waals surface area contributed by atoms with Crippen molar-refractivity contribution >= 4 is 40.0 Å². The monoisotopic (exact) mass is 487 g/mol. The average Bonchev–Trinajstić information content (AvgIpc) is 3.57. The van der Waals surface area contributed by atoms with Gasteiger partial charge < -0.3 is 24.2 Å². The number of aliphatic hydroxyl groups is 1. The summed E-state index contributed by atoms with van der Waals surface area (Å²) in [4.78, 5) is 15.2. The molecule has 2 aliphatic heterocycles. The lowest BCUT2D eigenvalue weighted by Crippen LogP contribution is -2.29. The number of hydrogen-bond acceptors (Lipinski definition) is 9. The van der Waals surface area contributed by atoms with E-state index in [1.807, 2.05) is 49.3 Å². The third kappa shape index (κ3) is 3.60. The van der Waals surface area contributed by atoms with Gasteiger partial charge >= 0.3 is 5.97 Å². The van der Waals surface area contributed by atoms with Gasteiger partial charge in [0, 0.05) is 37.3 Å². The van der Waals surface area contributed by atoms with Crippen LogP contribution in [0.25, 0.3) is 16.6 Å². The molecule has 1 aromatic heterocycles. The summed E-state index contributed by atoms with van der Waals surface area (Å²) < 4.78 is 25.2. The van der Waals surface area contributed by atoms with Crippen LogP contribution in [-0.2, 0) is 21.7 Å². The summed E-state index contributed by atoms with van der Waals surface area (Å²) in [5.41, 5.74) is 5.22. The van der Waals surface area contributed by atoms with E-state index in [0.717, 1.165) is 34.0 Å². The zero-order valence-corrected chi connectivity index (χ0v) is 19.8. The van der Waals surface area contributed by atoms with Crippen molar-refractivity contribution in [3.8, 4) is 11.5 Å². The number of aromatic nitrogens is 2. The highest BCUT2D eigenvalue weighted by Gasteiger charge is 2.48. The molecule has 8 nitrogen and oxygen atoms in total. The topological polar surface area (TPSA) is 94.0 Å². The predicted octanol–water partition coefficient (Wildman–Crippen LogP) is 3.88. The van der Waals surface area contributed by atoms with Gasteiger partial charge in [-0.05, 0) is 47.5 Å². The Labute approximate surface area is 205 Å². The van der Waals surface area contributed by atoms with Crippen LogP contribution in [0.2, 0.25) is 0 Å². The SMILES string of the molecule is CN(C)c1ccc(C2(O)OC(=O)C(c3ccc4c(c3)OCO4)=C2Cc2ccc3nsnc3c2)cc1. The Morgan fingerprint density at radius 2 is 1.74 bits per heavy atom. The first-order valence-electron chi connectivity index (χ1n) is 11.0. The quantitative estimate of drug-likeness (QED) is 0.424. The fourth-order valence-electron chi connectivity index (χ4n) is 4.45. The lowest BCUT2D eigenvalue weighted by Gasteiger charge is -2.26. The van der Waals surface area contributed by atoms with Gasteiger partial charge in [0.25, 0.3) is 5.79 Å². The lowest BCUT2D eigenvalue weighted by atomic mass is 9.88. The maximum Gasteiger partial charge on any atom is 0.342 e. The number of fused-ring (bicyclic) bond motifs is 2. The van der Waals surface area contributed by atoms with Crippen molar-refractivity contribution in [2.24, 2.45) is 0 Å². The smallest absolute Gasteiger partial charge is 0.342 e. The third-order valence-corrected chi connectivity index (χ3v) is 6.85. The Morgan fingerprint density at radius 3 is 2.54 bits per heavy atom. The number of carbonyl (C=O) groups is 1. The van der Waals surface area contributed by atoms with E-state index >= 15 is 0 Å². The van der Waals surface area contributed by atoms with Crippen LogP contribution in [0, 0.1) is 0 Å².